The Morgan fingerprint density at radius 1 is 1.19 bits per heavy atom. The van der Waals surface area contributed by atoms with Gasteiger partial charge in [-0.2, -0.15) is 4.31 Å². The Morgan fingerprint density at radius 2 is 1.84 bits per heavy atom. The SMILES string of the molecule is CN(CC(O)c1ccc(F)cc1)S(=O)(=O)c1cc(/C(Cc2ccccc2)=N\O)sc1N. The summed E-state index contributed by atoms with van der Waals surface area (Å²) in [5.41, 5.74) is 7.56. The molecule has 0 aliphatic rings. The maximum absolute atomic E-state index is 13.1. The maximum Gasteiger partial charge on any atom is 0.245 e. The van der Waals surface area contributed by atoms with Crippen LogP contribution >= 0.6 is 11.3 Å². The lowest BCUT2D eigenvalue weighted by molar-refractivity contribution is 0.155. The number of likely N-dealkylation sites (N-methyl/N-ethyl adjacent to an activating group) is 1. The first kappa shape index (κ1) is 22.9. The van der Waals surface area contributed by atoms with Crippen LogP contribution < -0.4 is 5.73 Å². The third-order valence-corrected chi connectivity index (χ3v) is 7.72. The molecule has 10 heteroatoms. The standard InChI is InChI=1S/C21H22FN3O4S2/c1-25(13-18(26)15-7-9-16(22)10-8-15)31(28,29)20-12-19(30-21(20)23)17(24-27)11-14-5-3-2-4-6-14/h2-10,12,18,26-27H,11,13,23H2,1H3/b24-17-. The molecule has 1 heterocycles. The summed E-state index contributed by atoms with van der Waals surface area (Å²) < 4.78 is 40.1. The van der Waals surface area contributed by atoms with Gasteiger partial charge in [0.05, 0.1) is 11.0 Å². The fourth-order valence-electron chi connectivity index (χ4n) is 2.99. The fraction of sp³-hybridized carbons (Fsp3) is 0.190. The summed E-state index contributed by atoms with van der Waals surface area (Å²) in [4.78, 5) is 0.297. The van der Waals surface area contributed by atoms with Gasteiger partial charge in [-0.05, 0) is 29.3 Å². The van der Waals surface area contributed by atoms with Gasteiger partial charge in [-0.25, -0.2) is 12.8 Å². The number of hydrogen-bond acceptors (Lipinski definition) is 7. The van der Waals surface area contributed by atoms with E-state index in [-0.39, 0.29) is 16.4 Å². The van der Waals surface area contributed by atoms with Crippen molar-refractivity contribution in [3.8, 4) is 0 Å². The molecule has 0 fully saturated rings. The molecular formula is C21H22FN3O4S2. The highest BCUT2D eigenvalue weighted by atomic mass is 32.2. The second-order valence-electron chi connectivity index (χ2n) is 6.90. The van der Waals surface area contributed by atoms with Gasteiger partial charge in [0.25, 0.3) is 0 Å². The number of aliphatic hydroxyl groups excluding tert-OH is 1. The molecule has 0 aliphatic heterocycles. The van der Waals surface area contributed by atoms with E-state index in [9.17, 15) is 23.1 Å². The quantitative estimate of drug-likeness (QED) is 0.269. The lowest BCUT2D eigenvalue weighted by Gasteiger charge is -2.20. The zero-order valence-electron chi connectivity index (χ0n) is 16.6. The molecule has 0 spiro atoms. The number of hydrogen-bond donors (Lipinski definition) is 3. The van der Waals surface area contributed by atoms with Gasteiger partial charge in [-0.3, -0.25) is 0 Å². The molecule has 0 saturated heterocycles. The van der Waals surface area contributed by atoms with Crippen LogP contribution in [0.5, 0.6) is 0 Å². The van der Waals surface area contributed by atoms with Crippen molar-refractivity contribution in [3.63, 3.8) is 0 Å². The van der Waals surface area contributed by atoms with Crippen LogP contribution in [0.2, 0.25) is 0 Å². The zero-order valence-corrected chi connectivity index (χ0v) is 18.3. The number of halogens is 1. The largest absolute Gasteiger partial charge is 0.411 e. The van der Waals surface area contributed by atoms with E-state index in [4.69, 9.17) is 5.73 Å². The number of thiophene rings is 1. The van der Waals surface area contributed by atoms with Gasteiger partial charge < -0.3 is 16.0 Å². The molecule has 7 nitrogen and oxygen atoms in total. The molecule has 1 aromatic heterocycles. The van der Waals surface area contributed by atoms with Crippen molar-refractivity contribution in [2.24, 2.45) is 5.16 Å². The Kier molecular flexibility index (Phi) is 7.06. The van der Waals surface area contributed by atoms with E-state index >= 15 is 0 Å². The number of aliphatic hydroxyl groups is 1. The fourth-order valence-corrected chi connectivity index (χ4v) is 5.51. The predicted molar refractivity (Wildman–Crippen MR) is 118 cm³/mol. The lowest BCUT2D eigenvalue weighted by Crippen LogP contribution is -2.31. The van der Waals surface area contributed by atoms with Crippen molar-refractivity contribution >= 4 is 32.1 Å². The third kappa shape index (κ3) is 5.28. The second kappa shape index (κ2) is 9.56. The number of nitrogen functional groups attached to an aromatic ring is 1. The number of rotatable bonds is 8. The topological polar surface area (TPSA) is 116 Å². The molecule has 0 saturated carbocycles. The zero-order chi connectivity index (χ0) is 22.6. The first-order valence-electron chi connectivity index (χ1n) is 9.26. The highest BCUT2D eigenvalue weighted by Crippen LogP contribution is 2.32. The molecule has 0 amide bonds. The van der Waals surface area contributed by atoms with Gasteiger partial charge in [0.1, 0.15) is 21.4 Å². The molecule has 3 aromatic rings. The second-order valence-corrected chi connectivity index (χ2v) is 10.00. The molecule has 3 rings (SSSR count). The summed E-state index contributed by atoms with van der Waals surface area (Å²) in [6, 6.07) is 15.8. The van der Waals surface area contributed by atoms with Gasteiger partial charge in [0, 0.05) is 20.0 Å². The van der Waals surface area contributed by atoms with E-state index in [1.54, 1.807) is 0 Å². The first-order chi connectivity index (χ1) is 14.7. The molecule has 1 unspecified atom stereocenters. The minimum Gasteiger partial charge on any atom is -0.411 e. The molecular weight excluding hydrogens is 441 g/mol. The molecule has 31 heavy (non-hydrogen) atoms. The summed E-state index contributed by atoms with van der Waals surface area (Å²) in [5.74, 6) is -0.452. The van der Waals surface area contributed by atoms with Crippen LogP contribution in [0, 0.1) is 5.82 Å². The van der Waals surface area contributed by atoms with Crippen LogP contribution in [0.25, 0.3) is 0 Å². The minimum atomic E-state index is -4.03. The normalized spacial score (nSPS) is 13.5. The van der Waals surface area contributed by atoms with Crippen molar-refractivity contribution in [1.82, 2.24) is 4.31 Å². The van der Waals surface area contributed by atoms with Crippen molar-refractivity contribution in [3.05, 3.63) is 82.5 Å². The van der Waals surface area contributed by atoms with E-state index in [0.717, 1.165) is 21.2 Å². The van der Waals surface area contributed by atoms with Crippen LogP contribution in [0.4, 0.5) is 9.39 Å². The van der Waals surface area contributed by atoms with Gasteiger partial charge in [-0.15, -0.1) is 11.3 Å². The summed E-state index contributed by atoms with van der Waals surface area (Å²) in [6.07, 6.45) is -0.844. The monoisotopic (exact) mass is 463 g/mol. The molecule has 1 atom stereocenters. The molecule has 2 aromatic carbocycles. The van der Waals surface area contributed by atoms with Crippen LogP contribution in [0.15, 0.2) is 70.7 Å². The Hall–Kier alpha value is -2.79. The van der Waals surface area contributed by atoms with Gasteiger partial charge in [0.2, 0.25) is 10.0 Å². The minimum absolute atomic E-state index is 0.0485. The van der Waals surface area contributed by atoms with Crippen molar-refractivity contribution < 1.29 is 23.1 Å². The van der Waals surface area contributed by atoms with Crippen molar-refractivity contribution in [1.29, 1.82) is 0 Å². The molecule has 164 valence electrons. The average Bonchev–Trinajstić information content (AvgIpc) is 3.15. The van der Waals surface area contributed by atoms with E-state index in [2.05, 4.69) is 5.16 Å². The molecule has 0 aliphatic carbocycles. The van der Waals surface area contributed by atoms with Gasteiger partial charge >= 0.3 is 0 Å². The van der Waals surface area contributed by atoms with E-state index < -0.39 is 21.9 Å². The van der Waals surface area contributed by atoms with E-state index in [1.165, 1.54) is 37.4 Å². The number of sulfonamides is 1. The van der Waals surface area contributed by atoms with Crippen LogP contribution in [0.1, 0.15) is 22.1 Å². The van der Waals surface area contributed by atoms with Gasteiger partial charge in [0.15, 0.2) is 0 Å². The smallest absolute Gasteiger partial charge is 0.245 e. The number of anilines is 1. The number of nitrogens with zero attached hydrogens (tertiary/aromatic N) is 2. The summed E-state index contributed by atoms with van der Waals surface area (Å²) in [5, 5.41) is 23.2. The Morgan fingerprint density at radius 3 is 2.45 bits per heavy atom. The number of oxime groups is 1. The maximum atomic E-state index is 13.1. The summed E-state index contributed by atoms with van der Waals surface area (Å²) in [6.45, 7) is -0.246. The molecule has 4 N–H and O–H groups in total. The van der Waals surface area contributed by atoms with E-state index in [1.807, 2.05) is 30.3 Å². The average molecular weight is 464 g/mol. The molecule has 0 radical (unpaired) electrons. The molecule has 0 bridgehead atoms. The van der Waals surface area contributed by atoms with Crippen molar-refractivity contribution in [2.75, 3.05) is 19.3 Å². The lowest BCUT2D eigenvalue weighted by atomic mass is 10.1. The first-order valence-corrected chi connectivity index (χ1v) is 11.5. The van der Waals surface area contributed by atoms with E-state index in [0.29, 0.717) is 22.6 Å². The van der Waals surface area contributed by atoms with Crippen molar-refractivity contribution in [2.45, 2.75) is 17.4 Å². The highest BCUT2D eigenvalue weighted by molar-refractivity contribution is 7.89. The van der Waals surface area contributed by atoms with Crippen LogP contribution in [-0.2, 0) is 16.4 Å². The van der Waals surface area contributed by atoms with Crippen LogP contribution in [0.3, 0.4) is 0 Å². The third-order valence-electron chi connectivity index (χ3n) is 4.72. The summed E-state index contributed by atoms with van der Waals surface area (Å²) in [7, 11) is -2.70. The highest BCUT2D eigenvalue weighted by Gasteiger charge is 2.28. The predicted octanol–water partition coefficient (Wildman–Crippen LogP) is 3.24. The Bertz CT molecular complexity index is 1160. The van der Waals surface area contributed by atoms with Crippen LogP contribution in [-0.4, -0.2) is 42.3 Å². The Labute approximate surface area is 183 Å². The Balaban J connectivity index is 1.81. The summed E-state index contributed by atoms with van der Waals surface area (Å²) >= 11 is 1.00. The number of benzene rings is 2. The number of nitrogens with two attached hydrogens (primary N) is 1. The van der Waals surface area contributed by atoms with Gasteiger partial charge in [-0.1, -0.05) is 47.6 Å².